The summed E-state index contributed by atoms with van der Waals surface area (Å²) >= 11 is 0. The molecule has 1 atom stereocenters. The third kappa shape index (κ3) is 4.60. The van der Waals surface area contributed by atoms with E-state index < -0.39 is 11.6 Å². The number of anilines is 1. The van der Waals surface area contributed by atoms with Crippen LogP contribution in [0.2, 0.25) is 0 Å². The van der Waals surface area contributed by atoms with Crippen LogP contribution < -0.4 is 4.90 Å². The Kier molecular flexibility index (Phi) is 5.53. The molecule has 3 rings (SSSR count). The molecule has 0 spiro atoms. The SMILES string of the molecule is CC(C)(C)OC(=O)N1CCN(c2ccc(C(=O)O)cn2)C[C@H]1c1ccccc1. The van der Waals surface area contributed by atoms with Gasteiger partial charge in [0.2, 0.25) is 0 Å². The van der Waals surface area contributed by atoms with E-state index >= 15 is 0 Å². The maximum Gasteiger partial charge on any atom is 0.410 e. The van der Waals surface area contributed by atoms with Crippen LogP contribution in [0.1, 0.15) is 42.7 Å². The molecule has 0 unspecified atom stereocenters. The molecule has 2 heterocycles. The standard InChI is InChI=1S/C21H25N3O4/c1-21(2,3)28-20(27)24-12-11-23(14-17(24)15-7-5-4-6-8-15)18-10-9-16(13-22-18)19(25)26/h4-10,13,17H,11-12,14H2,1-3H3,(H,25,26)/t17-/m0/s1. The minimum Gasteiger partial charge on any atom is -0.478 e. The smallest absolute Gasteiger partial charge is 0.410 e. The number of carbonyl (C=O) groups is 2. The average molecular weight is 383 g/mol. The topological polar surface area (TPSA) is 83.0 Å². The quantitative estimate of drug-likeness (QED) is 0.872. The van der Waals surface area contributed by atoms with Crippen LogP contribution in [-0.2, 0) is 4.74 Å². The molecule has 148 valence electrons. The number of hydrogen-bond acceptors (Lipinski definition) is 5. The van der Waals surface area contributed by atoms with Crippen molar-refractivity contribution in [3.63, 3.8) is 0 Å². The molecule has 2 aromatic rings. The van der Waals surface area contributed by atoms with Crippen molar-refractivity contribution >= 4 is 17.9 Å². The molecule has 1 amide bonds. The van der Waals surface area contributed by atoms with Crippen molar-refractivity contribution in [2.45, 2.75) is 32.4 Å². The fraction of sp³-hybridized carbons (Fsp3) is 0.381. The number of rotatable bonds is 3. The number of aromatic nitrogens is 1. The Morgan fingerprint density at radius 1 is 1.11 bits per heavy atom. The molecule has 28 heavy (non-hydrogen) atoms. The third-order valence-electron chi connectivity index (χ3n) is 4.51. The van der Waals surface area contributed by atoms with Crippen molar-refractivity contribution < 1.29 is 19.4 Å². The lowest BCUT2D eigenvalue weighted by Crippen LogP contribution is -2.52. The highest BCUT2D eigenvalue weighted by atomic mass is 16.6. The second-order valence-corrected chi connectivity index (χ2v) is 7.76. The maximum absolute atomic E-state index is 12.8. The molecular formula is C21H25N3O4. The van der Waals surface area contributed by atoms with Gasteiger partial charge in [-0.1, -0.05) is 30.3 Å². The van der Waals surface area contributed by atoms with Crippen molar-refractivity contribution in [2.75, 3.05) is 24.5 Å². The first-order valence-electron chi connectivity index (χ1n) is 9.23. The van der Waals surface area contributed by atoms with Gasteiger partial charge >= 0.3 is 12.1 Å². The Morgan fingerprint density at radius 3 is 2.39 bits per heavy atom. The van der Waals surface area contributed by atoms with Crippen LogP contribution in [0.5, 0.6) is 0 Å². The average Bonchev–Trinajstić information content (AvgIpc) is 2.67. The van der Waals surface area contributed by atoms with Gasteiger partial charge in [0.25, 0.3) is 0 Å². The zero-order valence-electron chi connectivity index (χ0n) is 16.3. The molecule has 1 aromatic carbocycles. The lowest BCUT2D eigenvalue weighted by Gasteiger charge is -2.42. The number of piperazine rings is 1. The van der Waals surface area contributed by atoms with E-state index in [4.69, 9.17) is 9.84 Å². The van der Waals surface area contributed by atoms with Gasteiger partial charge in [-0.2, -0.15) is 0 Å². The predicted molar refractivity (Wildman–Crippen MR) is 106 cm³/mol. The number of pyridine rings is 1. The van der Waals surface area contributed by atoms with Crippen LogP contribution in [0, 0.1) is 0 Å². The van der Waals surface area contributed by atoms with E-state index in [1.54, 1.807) is 17.0 Å². The molecule has 1 aliphatic heterocycles. The lowest BCUT2D eigenvalue weighted by atomic mass is 10.0. The summed E-state index contributed by atoms with van der Waals surface area (Å²) in [5.74, 6) is -0.314. The molecule has 0 aliphatic carbocycles. The summed E-state index contributed by atoms with van der Waals surface area (Å²) in [6.07, 6.45) is 1.02. The van der Waals surface area contributed by atoms with Gasteiger partial charge in [-0.05, 0) is 38.5 Å². The van der Waals surface area contributed by atoms with E-state index in [9.17, 15) is 9.59 Å². The molecule has 1 saturated heterocycles. The number of nitrogens with zero attached hydrogens (tertiary/aromatic N) is 3. The number of carboxylic acids is 1. The van der Waals surface area contributed by atoms with E-state index in [1.165, 1.54) is 6.20 Å². The number of amides is 1. The van der Waals surface area contributed by atoms with Gasteiger partial charge in [0.1, 0.15) is 11.4 Å². The van der Waals surface area contributed by atoms with Gasteiger partial charge in [0.05, 0.1) is 11.6 Å². The van der Waals surface area contributed by atoms with Gasteiger partial charge < -0.3 is 14.7 Å². The molecule has 1 aromatic heterocycles. The first-order valence-corrected chi connectivity index (χ1v) is 9.23. The first-order chi connectivity index (χ1) is 13.2. The van der Waals surface area contributed by atoms with E-state index in [-0.39, 0.29) is 17.7 Å². The second kappa shape index (κ2) is 7.88. The normalized spacial score (nSPS) is 17.3. The number of hydrogen-bond donors (Lipinski definition) is 1. The summed E-state index contributed by atoms with van der Waals surface area (Å²) in [7, 11) is 0. The molecule has 1 aliphatic rings. The molecule has 1 fully saturated rings. The van der Waals surface area contributed by atoms with Crippen LogP contribution in [0.15, 0.2) is 48.7 Å². The monoisotopic (exact) mass is 383 g/mol. The zero-order chi connectivity index (χ0) is 20.3. The Hall–Kier alpha value is -3.09. The molecule has 1 N–H and O–H groups in total. The van der Waals surface area contributed by atoms with Crippen LogP contribution >= 0.6 is 0 Å². The first kappa shape index (κ1) is 19.7. The Labute approximate surface area is 164 Å². The molecule has 7 nitrogen and oxygen atoms in total. The predicted octanol–water partition coefficient (Wildman–Crippen LogP) is 3.58. The molecule has 0 radical (unpaired) electrons. The summed E-state index contributed by atoms with van der Waals surface area (Å²) in [5.41, 5.74) is 0.597. The number of aromatic carboxylic acids is 1. The van der Waals surface area contributed by atoms with Crippen molar-refractivity contribution in [3.05, 3.63) is 59.8 Å². The van der Waals surface area contributed by atoms with Crippen LogP contribution in [0.4, 0.5) is 10.6 Å². The van der Waals surface area contributed by atoms with Gasteiger partial charge in [-0.3, -0.25) is 4.90 Å². The highest BCUT2D eigenvalue weighted by Gasteiger charge is 2.34. The summed E-state index contributed by atoms with van der Waals surface area (Å²) in [6, 6.07) is 12.9. The minimum absolute atomic E-state index is 0.149. The van der Waals surface area contributed by atoms with Crippen molar-refractivity contribution in [1.29, 1.82) is 0 Å². The summed E-state index contributed by atoms with van der Waals surface area (Å²) in [5, 5.41) is 9.05. The van der Waals surface area contributed by atoms with Crippen LogP contribution in [0.25, 0.3) is 0 Å². The highest BCUT2D eigenvalue weighted by molar-refractivity contribution is 5.87. The number of carbonyl (C=O) groups excluding carboxylic acids is 1. The van der Waals surface area contributed by atoms with Crippen LogP contribution in [0.3, 0.4) is 0 Å². The lowest BCUT2D eigenvalue weighted by molar-refractivity contribution is 0.0137. The molecular weight excluding hydrogens is 358 g/mol. The summed E-state index contributed by atoms with van der Waals surface area (Å²) in [6.45, 7) is 7.17. The minimum atomic E-state index is -1.00. The van der Waals surface area contributed by atoms with Crippen LogP contribution in [-0.4, -0.2) is 52.3 Å². The fourth-order valence-corrected chi connectivity index (χ4v) is 3.19. The van der Waals surface area contributed by atoms with Gasteiger partial charge in [-0.15, -0.1) is 0 Å². The Bertz CT molecular complexity index is 831. The van der Waals surface area contributed by atoms with E-state index in [0.717, 1.165) is 5.56 Å². The van der Waals surface area contributed by atoms with Gasteiger partial charge in [0, 0.05) is 25.8 Å². The maximum atomic E-state index is 12.8. The molecule has 7 heteroatoms. The highest BCUT2D eigenvalue weighted by Crippen LogP contribution is 2.29. The summed E-state index contributed by atoms with van der Waals surface area (Å²) < 4.78 is 5.60. The Morgan fingerprint density at radius 2 is 1.82 bits per heavy atom. The number of benzene rings is 1. The van der Waals surface area contributed by atoms with Crippen molar-refractivity contribution in [1.82, 2.24) is 9.88 Å². The third-order valence-corrected chi connectivity index (χ3v) is 4.51. The largest absolute Gasteiger partial charge is 0.478 e. The van der Waals surface area contributed by atoms with Gasteiger partial charge in [-0.25, -0.2) is 14.6 Å². The van der Waals surface area contributed by atoms with E-state index in [2.05, 4.69) is 9.88 Å². The fourth-order valence-electron chi connectivity index (χ4n) is 3.19. The van der Waals surface area contributed by atoms with Crippen molar-refractivity contribution in [3.8, 4) is 0 Å². The molecule has 0 saturated carbocycles. The van der Waals surface area contributed by atoms with E-state index in [0.29, 0.717) is 25.5 Å². The number of ether oxygens (including phenoxy) is 1. The summed E-state index contributed by atoms with van der Waals surface area (Å²) in [4.78, 5) is 31.9. The zero-order valence-corrected chi connectivity index (χ0v) is 16.3. The van der Waals surface area contributed by atoms with Crippen molar-refractivity contribution in [2.24, 2.45) is 0 Å². The number of carboxylic acid groups (broad SMARTS) is 1. The molecule has 0 bridgehead atoms. The van der Waals surface area contributed by atoms with Gasteiger partial charge in [0.15, 0.2) is 0 Å². The van der Waals surface area contributed by atoms with E-state index in [1.807, 2.05) is 51.1 Å². The Balaban J connectivity index is 1.84. The second-order valence-electron chi connectivity index (χ2n) is 7.76.